The molecule has 1 N–H and O–H groups in total. The van der Waals surface area contributed by atoms with Crippen LogP contribution in [0.2, 0.25) is 0 Å². The van der Waals surface area contributed by atoms with Crippen LogP contribution in [0.15, 0.2) is 34.9 Å². The summed E-state index contributed by atoms with van der Waals surface area (Å²) in [6.45, 7) is 6.69. The van der Waals surface area contributed by atoms with Gasteiger partial charge in [-0.25, -0.2) is 4.98 Å². The second-order valence-electron chi connectivity index (χ2n) is 7.32. The van der Waals surface area contributed by atoms with Gasteiger partial charge in [0.15, 0.2) is 0 Å². The Balaban J connectivity index is 1.33. The zero-order valence-corrected chi connectivity index (χ0v) is 15.3. The van der Waals surface area contributed by atoms with Crippen molar-refractivity contribution in [2.24, 2.45) is 5.92 Å². The lowest BCUT2D eigenvalue weighted by molar-refractivity contribution is -0.117. The number of amides is 1. The third-order valence-corrected chi connectivity index (χ3v) is 5.54. The molecule has 2 aliphatic heterocycles. The van der Waals surface area contributed by atoms with E-state index in [9.17, 15) is 4.79 Å². The van der Waals surface area contributed by atoms with Crippen LogP contribution < -0.4 is 5.32 Å². The molecule has 0 bridgehead atoms. The van der Waals surface area contributed by atoms with E-state index in [2.05, 4.69) is 10.3 Å². The maximum absolute atomic E-state index is 12.7. The van der Waals surface area contributed by atoms with Gasteiger partial charge in [-0.05, 0) is 50.8 Å². The molecule has 1 unspecified atom stereocenters. The smallest absolute Gasteiger partial charge is 0.257 e. The third-order valence-electron chi connectivity index (χ3n) is 5.54. The second kappa shape index (κ2) is 6.76. The first-order valence-corrected chi connectivity index (χ1v) is 9.22. The van der Waals surface area contributed by atoms with Crippen molar-refractivity contribution in [3.05, 3.63) is 47.5 Å². The first-order valence-electron chi connectivity index (χ1n) is 9.22. The van der Waals surface area contributed by atoms with Gasteiger partial charge in [-0.3, -0.25) is 4.79 Å². The van der Waals surface area contributed by atoms with Crippen LogP contribution in [0.25, 0.3) is 0 Å². The molecular weight excluding hydrogens is 330 g/mol. The molecule has 2 saturated heterocycles. The van der Waals surface area contributed by atoms with Crippen LogP contribution in [0.1, 0.15) is 34.7 Å². The van der Waals surface area contributed by atoms with Crippen molar-refractivity contribution in [3.63, 3.8) is 0 Å². The Kier molecular flexibility index (Phi) is 4.44. The minimum atomic E-state index is -0.172. The first kappa shape index (κ1) is 17.1. The van der Waals surface area contributed by atoms with Crippen LogP contribution in [0.3, 0.4) is 0 Å². The molecule has 6 nitrogen and oxygen atoms in total. The largest absolute Gasteiger partial charge is 0.466 e. The Morgan fingerprint density at radius 3 is 2.92 bits per heavy atom. The summed E-state index contributed by atoms with van der Waals surface area (Å²) in [5, 5.41) is 3.37. The second-order valence-corrected chi connectivity index (χ2v) is 7.32. The van der Waals surface area contributed by atoms with E-state index in [1.165, 1.54) is 0 Å². The highest BCUT2D eigenvalue weighted by molar-refractivity contribution is 5.96. The zero-order valence-electron chi connectivity index (χ0n) is 15.3. The summed E-state index contributed by atoms with van der Waals surface area (Å²) in [5.41, 5.74) is 0.498. The fourth-order valence-electron chi connectivity index (χ4n) is 4.14. The van der Waals surface area contributed by atoms with Crippen molar-refractivity contribution < 1.29 is 13.9 Å². The Hall–Kier alpha value is -2.34. The van der Waals surface area contributed by atoms with Gasteiger partial charge in [-0.15, -0.1) is 0 Å². The van der Waals surface area contributed by atoms with Crippen molar-refractivity contribution in [2.75, 3.05) is 31.6 Å². The molecule has 6 heteroatoms. The summed E-state index contributed by atoms with van der Waals surface area (Å²) in [6.07, 6.45) is 3.86. The van der Waals surface area contributed by atoms with E-state index in [0.717, 1.165) is 37.6 Å². The Labute approximate surface area is 153 Å². The van der Waals surface area contributed by atoms with E-state index >= 15 is 0 Å². The molecule has 4 rings (SSSR count). The van der Waals surface area contributed by atoms with Gasteiger partial charge >= 0.3 is 0 Å². The number of pyridine rings is 1. The number of carbonyl (C=O) groups excluding carboxylic acids is 1. The molecule has 26 heavy (non-hydrogen) atoms. The number of hydrogen-bond acceptors (Lipinski definition) is 5. The van der Waals surface area contributed by atoms with E-state index in [1.807, 2.05) is 43.0 Å². The molecule has 2 aliphatic rings. The molecule has 2 aromatic heterocycles. The first-order chi connectivity index (χ1) is 12.6. The number of ether oxygens (including phenoxy) is 1. The average molecular weight is 355 g/mol. The summed E-state index contributed by atoms with van der Waals surface area (Å²) in [7, 11) is 0. The number of aromatic nitrogens is 1. The van der Waals surface area contributed by atoms with Gasteiger partial charge in [0, 0.05) is 19.3 Å². The van der Waals surface area contributed by atoms with Crippen molar-refractivity contribution in [1.82, 2.24) is 9.88 Å². The van der Waals surface area contributed by atoms with Crippen LogP contribution in [0.4, 0.5) is 5.82 Å². The van der Waals surface area contributed by atoms with Crippen LogP contribution in [0.5, 0.6) is 0 Å². The van der Waals surface area contributed by atoms with E-state index < -0.39 is 0 Å². The Morgan fingerprint density at radius 2 is 2.23 bits per heavy atom. The van der Waals surface area contributed by atoms with Crippen molar-refractivity contribution >= 4 is 11.7 Å². The monoisotopic (exact) mass is 355 g/mol. The summed E-state index contributed by atoms with van der Waals surface area (Å²) in [4.78, 5) is 18.9. The summed E-state index contributed by atoms with van der Waals surface area (Å²) >= 11 is 0. The topological polar surface area (TPSA) is 67.6 Å². The highest BCUT2D eigenvalue weighted by Gasteiger charge is 2.54. The molecular formula is C20H25N3O3. The quantitative estimate of drug-likeness (QED) is 0.893. The normalized spacial score (nSPS) is 21.0. The molecule has 138 valence electrons. The molecule has 1 amide bonds. The lowest BCUT2D eigenvalue weighted by atomic mass is 9.78. The zero-order chi connectivity index (χ0) is 18.1. The van der Waals surface area contributed by atoms with Crippen LogP contribution in [-0.4, -0.2) is 47.6 Å². The van der Waals surface area contributed by atoms with Crippen molar-refractivity contribution in [1.29, 1.82) is 0 Å². The fraction of sp³-hybridized carbons (Fsp3) is 0.500. The Morgan fingerprint density at radius 1 is 1.38 bits per heavy atom. The van der Waals surface area contributed by atoms with Gasteiger partial charge in [0.05, 0.1) is 18.7 Å². The number of aryl methyl sites for hydroxylation is 2. The molecule has 1 atom stereocenters. The van der Waals surface area contributed by atoms with Crippen molar-refractivity contribution in [3.8, 4) is 0 Å². The van der Waals surface area contributed by atoms with Gasteiger partial charge in [0.25, 0.3) is 5.91 Å². The molecule has 2 fully saturated rings. The summed E-state index contributed by atoms with van der Waals surface area (Å²) < 4.78 is 11.6. The maximum atomic E-state index is 12.7. The number of anilines is 1. The van der Waals surface area contributed by atoms with E-state index in [-0.39, 0.29) is 11.5 Å². The minimum Gasteiger partial charge on any atom is -0.466 e. The maximum Gasteiger partial charge on any atom is 0.257 e. The Bertz CT molecular complexity index is 781. The minimum absolute atomic E-state index is 0.0471. The molecule has 2 aromatic rings. The molecule has 0 aromatic carbocycles. The molecule has 0 radical (unpaired) electrons. The van der Waals surface area contributed by atoms with Crippen LogP contribution >= 0.6 is 0 Å². The van der Waals surface area contributed by atoms with Gasteiger partial charge in [-0.1, -0.05) is 6.07 Å². The number of likely N-dealkylation sites (tertiary alicyclic amines) is 1. The lowest BCUT2D eigenvalue weighted by Crippen LogP contribution is -2.66. The SMILES string of the molecule is Cc1cc(C(=O)N2CC3(C2)OCCC3CCNc2ccccn2)c(C)o1. The van der Waals surface area contributed by atoms with E-state index in [0.29, 0.717) is 30.3 Å². The highest BCUT2D eigenvalue weighted by Crippen LogP contribution is 2.42. The van der Waals surface area contributed by atoms with Gasteiger partial charge < -0.3 is 19.4 Å². The highest BCUT2D eigenvalue weighted by atomic mass is 16.5. The van der Waals surface area contributed by atoms with Gasteiger partial charge in [0.1, 0.15) is 22.9 Å². The predicted molar refractivity (Wildman–Crippen MR) is 98.2 cm³/mol. The lowest BCUT2D eigenvalue weighted by Gasteiger charge is -2.50. The van der Waals surface area contributed by atoms with Crippen molar-refractivity contribution in [2.45, 2.75) is 32.3 Å². The average Bonchev–Trinajstić information content (AvgIpc) is 3.17. The predicted octanol–water partition coefficient (Wildman–Crippen LogP) is 3.02. The van der Waals surface area contributed by atoms with Crippen LogP contribution in [0, 0.1) is 19.8 Å². The van der Waals surface area contributed by atoms with Crippen LogP contribution in [-0.2, 0) is 4.74 Å². The molecule has 1 spiro atoms. The standard InChI is InChI=1S/C20H25N3O3/c1-14-11-17(15(2)26-14)19(24)23-12-20(13-23)16(7-10-25-20)6-9-22-18-5-3-4-8-21-18/h3-5,8,11,16H,6-7,9-10,12-13H2,1-2H3,(H,21,22). The van der Waals surface area contributed by atoms with Gasteiger partial charge in [-0.2, -0.15) is 0 Å². The summed E-state index contributed by atoms with van der Waals surface area (Å²) in [5.74, 6) is 2.88. The van der Waals surface area contributed by atoms with Gasteiger partial charge in [0.2, 0.25) is 0 Å². The number of carbonyl (C=O) groups is 1. The summed E-state index contributed by atoms with van der Waals surface area (Å²) in [6, 6.07) is 7.69. The number of nitrogens with one attached hydrogen (secondary N) is 1. The third kappa shape index (κ3) is 3.09. The number of nitrogens with zero attached hydrogens (tertiary/aromatic N) is 2. The molecule has 0 saturated carbocycles. The number of rotatable bonds is 5. The fourth-order valence-corrected chi connectivity index (χ4v) is 4.14. The van der Waals surface area contributed by atoms with E-state index in [4.69, 9.17) is 9.15 Å². The number of furan rings is 1. The van der Waals surface area contributed by atoms with E-state index in [1.54, 1.807) is 6.20 Å². The number of hydrogen-bond donors (Lipinski definition) is 1. The molecule has 0 aliphatic carbocycles. The molecule has 4 heterocycles.